The van der Waals surface area contributed by atoms with E-state index >= 15 is 0 Å². The normalized spacial score (nSPS) is 10.8. The van der Waals surface area contributed by atoms with Gasteiger partial charge >= 0.3 is 6.03 Å². The first-order valence-electron chi connectivity index (χ1n) is 3.15. The summed E-state index contributed by atoms with van der Waals surface area (Å²) in [6.45, 7) is -0.319. The molecule has 0 fully saturated rings. The number of aliphatic hydroxyl groups excluding tert-OH is 2. The van der Waals surface area contributed by atoms with Gasteiger partial charge in [0.05, 0.1) is 13.2 Å². The van der Waals surface area contributed by atoms with Crippen molar-refractivity contribution in [2.24, 2.45) is 11.7 Å². The molecule has 0 rings (SSSR count). The van der Waals surface area contributed by atoms with Gasteiger partial charge in [0.1, 0.15) is 0 Å². The molecule has 0 aliphatic carbocycles. The van der Waals surface area contributed by atoms with Gasteiger partial charge in [0.25, 0.3) is 0 Å². The van der Waals surface area contributed by atoms with Crippen LogP contribution in [0.3, 0.4) is 0 Å². The number of amides is 2. The van der Waals surface area contributed by atoms with E-state index in [1.807, 2.05) is 0 Å². The van der Waals surface area contributed by atoms with Crippen LogP contribution in [-0.2, 0) is 0 Å². The van der Waals surface area contributed by atoms with Crippen LogP contribution in [0.4, 0.5) is 4.79 Å². The average molecular weight is 160 g/mol. The van der Waals surface area contributed by atoms with E-state index in [1.165, 1.54) is 12.3 Å². The van der Waals surface area contributed by atoms with E-state index < -0.39 is 6.03 Å². The zero-order valence-electron chi connectivity index (χ0n) is 6.03. The summed E-state index contributed by atoms with van der Waals surface area (Å²) in [5.41, 5.74) is 4.74. The minimum atomic E-state index is -0.670. The number of nitrogens with two attached hydrogens (primary N) is 1. The zero-order valence-corrected chi connectivity index (χ0v) is 6.03. The van der Waals surface area contributed by atoms with Gasteiger partial charge in [0, 0.05) is 12.1 Å². The average Bonchev–Trinajstić information content (AvgIpc) is 1.98. The fourth-order valence-corrected chi connectivity index (χ4v) is 0.446. The summed E-state index contributed by atoms with van der Waals surface area (Å²) in [7, 11) is 0. The molecule has 2 amide bonds. The molecule has 0 aromatic carbocycles. The van der Waals surface area contributed by atoms with Crippen LogP contribution in [0.2, 0.25) is 0 Å². The summed E-state index contributed by atoms with van der Waals surface area (Å²) in [5.74, 6) is -0.346. The van der Waals surface area contributed by atoms with Gasteiger partial charge in [-0.1, -0.05) is 6.08 Å². The van der Waals surface area contributed by atoms with Crippen LogP contribution in [0.25, 0.3) is 0 Å². The Labute approximate surface area is 64.5 Å². The topological polar surface area (TPSA) is 95.6 Å². The Morgan fingerprint density at radius 2 is 2.09 bits per heavy atom. The summed E-state index contributed by atoms with van der Waals surface area (Å²) in [5, 5.41) is 19.3. The number of urea groups is 1. The van der Waals surface area contributed by atoms with Crippen LogP contribution in [0.5, 0.6) is 0 Å². The van der Waals surface area contributed by atoms with Crippen molar-refractivity contribution in [3.8, 4) is 0 Å². The molecule has 0 atom stereocenters. The number of aliphatic hydroxyl groups is 2. The molecular weight excluding hydrogens is 148 g/mol. The zero-order chi connectivity index (χ0) is 8.69. The fraction of sp³-hybridized carbons (Fsp3) is 0.500. The van der Waals surface area contributed by atoms with E-state index in [2.05, 4.69) is 5.32 Å². The number of rotatable bonds is 4. The van der Waals surface area contributed by atoms with Gasteiger partial charge in [-0.15, -0.1) is 0 Å². The molecule has 5 heteroatoms. The quantitative estimate of drug-likeness (QED) is 0.414. The van der Waals surface area contributed by atoms with E-state index in [9.17, 15) is 4.79 Å². The summed E-state index contributed by atoms with van der Waals surface area (Å²) in [4.78, 5) is 10.1. The summed E-state index contributed by atoms with van der Waals surface area (Å²) in [6, 6.07) is -0.670. The Morgan fingerprint density at radius 3 is 2.45 bits per heavy atom. The Hall–Kier alpha value is -1.07. The second-order valence-corrected chi connectivity index (χ2v) is 1.99. The lowest BCUT2D eigenvalue weighted by Crippen LogP contribution is -2.24. The Balaban J connectivity index is 3.61. The van der Waals surface area contributed by atoms with Crippen LogP contribution in [0, 0.1) is 5.92 Å². The van der Waals surface area contributed by atoms with Crippen molar-refractivity contribution in [2.45, 2.75) is 0 Å². The van der Waals surface area contributed by atoms with Crippen LogP contribution < -0.4 is 11.1 Å². The van der Waals surface area contributed by atoms with E-state index in [1.54, 1.807) is 0 Å². The molecular formula is C6H12N2O3. The fourth-order valence-electron chi connectivity index (χ4n) is 0.446. The highest BCUT2D eigenvalue weighted by Crippen LogP contribution is 1.93. The lowest BCUT2D eigenvalue weighted by atomic mass is 10.2. The lowest BCUT2D eigenvalue weighted by molar-refractivity contribution is 0.177. The van der Waals surface area contributed by atoms with Gasteiger partial charge in [0.15, 0.2) is 0 Å². The van der Waals surface area contributed by atoms with E-state index in [-0.39, 0.29) is 19.1 Å². The van der Waals surface area contributed by atoms with E-state index in [0.717, 1.165) is 0 Å². The molecule has 0 saturated carbocycles. The van der Waals surface area contributed by atoms with Crippen molar-refractivity contribution >= 4 is 6.03 Å². The number of carbonyl (C=O) groups is 1. The van der Waals surface area contributed by atoms with Crippen molar-refractivity contribution in [3.63, 3.8) is 0 Å². The van der Waals surface area contributed by atoms with Gasteiger partial charge in [-0.2, -0.15) is 0 Å². The summed E-state index contributed by atoms with van der Waals surface area (Å²) < 4.78 is 0. The number of nitrogens with one attached hydrogen (secondary N) is 1. The Kier molecular flexibility index (Phi) is 5.14. The maximum Gasteiger partial charge on any atom is 0.316 e. The number of hydrogen-bond donors (Lipinski definition) is 4. The molecule has 64 valence electrons. The maximum atomic E-state index is 10.1. The van der Waals surface area contributed by atoms with Crippen molar-refractivity contribution in [1.29, 1.82) is 0 Å². The van der Waals surface area contributed by atoms with Crippen molar-refractivity contribution in [2.75, 3.05) is 13.2 Å². The first-order chi connectivity index (χ1) is 5.20. The SMILES string of the molecule is NC(=O)NC=CC(CO)CO. The molecule has 0 aromatic rings. The predicted octanol–water partition coefficient (Wildman–Crippen LogP) is -1.23. The lowest BCUT2D eigenvalue weighted by Gasteiger charge is -2.02. The molecule has 0 aromatic heterocycles. The standard InChI is InChI=1S/C6H12N2O3/c7-6(11)8-2-1-5(3-9)4-10/h1-2,5,9-10H,3-4H2,(H3,7,8,11). The molecule has 0 unspecified atom stereocenters. The minimum Gasteiger partial charge on any atom is -0.396 e. The van der Waals surface area contributed by atoms with Crippen LogP contribution >= 0.6 is 0 Å². The van der Waals surface area contributed by atoms with Gasteiger partial charge in [-0.3, -0.25) is 0 Å². The molecule has 0 spiro atoms. The Morgan fingerprint density at radius 1 is 1.55 bits per heavy atom. The number of carbonyl (C=O) groups excluding carboxylic acids is 1. The number of hydrogen-bond acceptors (Lipinski definition) is 3. The second kappa shape index (κ2) is 5.70. The van der Waals surface area contributed by atoms with Crippen LogP contribution in [0.15, 0.2) is 12.3 Å². The molecule has 0 aliphatic rings. The third kappa shape index (κ3) is 5.38. The van der Waals surface area contributed by atoms with Gasteiger partial charge < -0.3 is 21.3 Å². The first kappa shape index (κ1) is 9.93. The highest BCUT2D eigenvalue weighted by Gasteiger charge is 1.98. The van der Waals surface area contributed by atoms with Crippen molar-refractivity contribution in [3.05, 3.63) is 12.3 Å². The Bertz CT molecular complexity index is 143. The van der Waals surface area contributed by atoms with Crippen molar-refractivity contribution in [1.82, 2.24) is 5.32 Å². The predicted molar refractivity (Wildman–Crippen MR) is 39.5 cm³/mol. The van der Waals surface area contributed by atoms with Gasteiger partial charge in [-0.25, -0.2) is 4.79 Å². The molecule has 0 radical (unpaired) electrons. The largest absolute Gasteiger partial charge is 0.396 e. The monoisotopic (exact) mass is 160 g/mol. The van der Waals surface area contributed by atoms with E-state index in [0.29, 0.717) is 0 Å². The van der Waals surface area contributed by atoms with Crippen molar-refractivity contribution < 1.29 is 15.0 Å². The summed E-state index contributed by atoms with van der Waals surface area (Å²) in [6.07, 6.45) is 2.75. The highest BCUT2D eigenvalue weighted by molar-refractivity contribution is 5.72. The molecule has 11 heavy (non-hydrogen) atoms. The molecule has 5 nitrogen and oxygen atoms in total. The van der Waals surface area contributed by atoms with Crippen LogP contribution in [-0.4, -0.2) is 29.5 Å². The maximum absolute atomic E-state index is 10.1. The highest BCUT2D eigenvalue weighted by atomic mass is 16.3. The molecule has 0 heterocycles. The van der Waals surface area contributed by atoms with Crippen LogP contribution in [0.1, 0.15) is 0 Å². The number of primary amides is 1. The molecule has 0 aliphatic heterocycles. The smallest absolute Gasteiger partial charge is 0.316 e. The van der Waals surface area contributed by atoms with E-state index in [4.69, 9.17) is 15.9 Å². The minimum absolute atomic E-state index is 0.159. The van der Waals surface area contributed by atoms with Gasteiger partial charge in [0.2, 0.25) is 0 Å². The first-order valence-corrected chi connectivity index (χ1v) is 3.15. The molecule has 5 N–H and O–H groups in total. The molecule has 0 bridgehead atoms. The van der Waals surface area contributed by atoms with Gasteiger partial charge in [-0.05, 0) is 0 Å². The third-order valence-corrected chi connectivity index (χ3v) is 1.06. The second-order valence-electron chi connectivity index (χ2n) is 1.99. The summed E-state index contributed by atoms with van der Waals surface area (Å²) >= 11 is 0. The molecule has 0 saturated heterocycles. The third-order valence-electron chi connectivity index (χ3n) is 1.06.